The van der Waals surface area contributed by atoms with Crippen molar-refractivity contribution in [1.82, 2.24) is 0 Å². The first-order chi connectivity index (χ1) is 27.2. The molecular weight excluding hydrogens is 693 g/mol. The average Bonchev–Trinajstić information content (AvgIpc) is 3.69. The van der Waals surface area contributed by atoms with Gasteiger partial charge in [-0.05, 0) is 107 Å². The monoisotopic (exact) mass is 734 g/mol. The van der Waals surface area contributed by atoms with Crippen LogP contribution in [0, 0.1) is 0 Å². The molecule has 9 rings (SSSR count). The Kier molecular flexibility index (Phi) is 8.76. The molecule has 1 heterocycles. The van der Waals surface area contributed by atoms with Gasteiger partial charge >= 0.3 is 0 Å². The molecular formula is C55H42S. The van der Waals surface area contributed by atoms with Crippen molar-refractivity contribution in [3.05, 3.63) is 222 Å². The topological polar surface area (TPSA) is 0 Å². The lowest BCUT2D eigenvalue weighted by Crippen LogP contribution is -2.22. The van der Waals surface area contributed by atoms with Gasteiger partial charge in [0.15, 0.2) is 0 Å². The van der Waals surface area contributed by atoms with Crippen molar-refractivity contribution in [1.29, 1.82) is 0 Å². The molecule has 0 unspecified atom stereocenters. The molecule has 0 spiro atoms. The summed E-state index contributed by atoms with van der Waals surface area (Å²) in [6.07, 6.45) is 4.41. The summed E-state index contributed by atoms with van der Waals surface area (Å²) in [5, 5.41) is 9.42. The molecule has 0 amide bonds. The molecule has 0 fully saturated rings. The van der Waals surface area contributed by atoms with E-state index in [1.54, 1.807) is 0 Å². The van der Waals surface area contributed by atoms with Crippen LogP contribution in [-0.4, -0.2) is 0 Å². The van der Waals surface area contributed by atoms with Gasteiger partial charge in [-0.3, -0.25) is 0 Å². The Hall–Kier alpha value is -6.54. The van der Waals surface area contributed by atoms with Crippen molar-refractivity contribution < 1.29 is 0 Å². The summed E-state index contributed by atoms with van der Waals surface area (Å²) < 4.78 is 2.66. The Morgan fingerprint density at radius 2 is 1.14 bits per heavy atom. The zero-order chi connectivity index (χ0) is 38.6. The Labute approximate surface area is 333 Å². The quantitative estimate of drug-likeness (QED) is 0.165. The third kappa shape index (κ3) is 5.93. The van der Waals surface area contributed by atoms with Crippen LogP contribution in [0.3, 0.4) is 0 Å². The molecule has 268 valence electrons. The van der Waals surface area contributed by atoms with E-state index in [4.69, 9.17) is 13.2 Å². The van der Waals surface area contributed by atoms with Crippen molar-refractivity contribution in [2.75, 3.05) is 0 Å². The maximum Gasteiger partial charge on any atom is 0.0437 e. The lowest BCUT2D eigenvalue weighted by Gasteiger charge is -2.23. The third-order valence-electron chi connectivity index (χ3n) is 11.5. The number of hydrogen-bond donors (Lipinski definition) is 0. The predicted octanol–water partition coefficient (Wildman–Crippen LogP) is 14.0. The van der Waals surface area contributed by atoms with Crippen LogP contribution < -0.4 is 10.4 Å². The predicted molar refractivity (Wildman–Crippen MR) is 248 cm³/mol. The van der Waals surface area contributed by atoms with Crippen LogP contribution in [0.4, 0.5) is 0 Å². The summed E-state index contributed by atoms with van der Waals surface area (Å²) in [7, 11) is 0. The minimum Gasteiger partial charge on any atom is -0.135 e. The third-order valence-corrected chi connectivity index (χ3v) is 12.7. The van der Waals surface area contributed by atoms with Crippen LogP contribution >= 0.6 is 11.3 Å². The lowest BCUT2D eigenvalue weighted by atomic mass is 9.80. The molecule has 0 nitrogen and oxygen atoms in total. The smallest absolute Gasteiger partial charge is 0.0437 e. The average molecular weight is 735 g/mol. The van der Waals surface area contributed by atoms with E-state index in [-0.39, 0.29) is 5.41 Å². The van der Waals surface area contributed by atoms with Crippen molar-refractivity contribution in [2.24, 2.45) is 0 Å². The van der Waals surface area contributed by atoms with E-state index in [1.807, 2.05) is 17.4 Å². The zero-order valence-electron chi connectivity index (χ0n) is 31.9. The van der Waals surface area contributed by atoms with Crippen LogP contribution in [-0.2, 0) is 5.41 Å². The number of thiophene rings is 1. The Morgan fingerprint density at radius 1 is 0.554 bits per heavy atom. The molecule has 0 N–H and O–H groups in total. The number of allylic oxidation sites excluding steroid dienone is 5. The highest BCUT2D eigenvalue weighted by molar-refractivity contribution is 7.26. The molecule has 0 radical (unpaired) electrons. The van der Waals surface area contributed by atoms with Gasteiger partial charge in [-0.25, -0.2) is 0 Å². The summed E-state index contributed by atoms with van der Waals surface area (Å²) in [4.78, 5) is 0. The SMILES string of the molecule is C=C(/C=c1/ccc(-c2ccccc2)cc1=C)c1ccccccc(C(=C)/C=C2\C(=C)C(C)(C)c3c2ccc2ccc4c5ccccc5sc4c32)c2ccccc12. The van der Waals surface area contributed by atoms with E-state index in [0.717, 1.165) is 60.2 Å². The van der Waals surface area contributed by atoms with Crippen molar-refractivity contribution in [3.8, 4) is 11.1 Å². The number of rotatable bonds is 5. The molecule has 0 aliphatic heterocycles. The van der Waals surface area contributed by atoms with E-state index in [2.05, 4.69) is 191 Å². The van der Waals surface area contributed by atoms with Crippen LogP contribution in [0.5, 0.6) is 0 Å². The van der Waals surface area contributed by atoms with Gasteiger partial charge in [-0.15, -0.1) is 11.3 Å². The number of hydrogen-bond acceptors (Lipinski definition) is 1. The minimum atomic E-state index is -0.269. The molecule has 0 saturated carbocycles. The maximum absolute atomic E-state index is 4.76. The number of fused-ring (bicyclic) bond motifs is 8. The molecule has 7 aromatic carbocycles. The Morgan fingerprint density at radius 3 is 1.84 bits per heavy atom. The van der Waals surface area contributed by atoms with Crippen molar-refractivity contribution in [3.63, 3.8) is 0 Å². The highest BCUT2D eigenvalue weighted by atomic mass is 32.1. The van der Waals surface area contributed by atoms with Crippen molar-refractivity contribution >= 4 is 82.4 Å². The zero-order valence-corrected chi connectivity index (χ0v) is 32.7. The van der Waals surface area contributed by atoms with Crippen LogP contribution in [0.1, 0.15) is 36.1 Å². The summed E-state index contributed by atoms with van der Waals surface area (Å²) >= 11 is 1.89. The Balaban J connectivity index is 1.19. The van der Waals surface area contributed by atoms with Gasteiger partial charge in [0.1, 0.15) is 0 Å². The van der Waals surface area contributed by atoms with Gasteiger partial charge in [-0.2, -0.15) is 0 Å². The molecule has 0 atom stereocenters. The second kappa shape index (κ2) is 13.9. The van der Waals surface area contributed by atoms with Gasteiger partial charge in [0.25, 0.3) is 0 Å². The summed E-state index contributed by atoms with van der Waals surface area (Å²) in [5.74, 6) is 0. The first kappa shape index (κ1) is 35.2. The summed E-state index contributed by atoms with van der Waals surface area (Å²) in [5.41, 5.74) is 10.8. The summed E-state index contributed by atoms with van der Waals surface area (Å²) in [6, 6.07) is 56.0. The van der Waals surface area contributed by atoms with Crippen molar-refractivity contribution in [2.45, 2.75) is 19.3 Å². The molecule has 0 saturated heterocycles. The highest BCUT2D eigenvalue weighted by Gasteiger charge is 2.39. The van der Waals surface area contributed by atoms with E-state index in [1.165, 1.54) is 47.6 Å². The van der Waals surface area contributed by atoms with Gasteiger partial charge in [0.05, 0.1) is 0 Å². The molecule has 0 bridgehead atoms. The van der Waals surface area contributed by atoms with E-state index >= 15 is 0 Å². The molecule has 1 aromatic heterocycles. The standard InChI is InChI=1S/C55H42S/c1-35-32-42(39-18-10-9-11-19-39)27-26-41(35)33-36(2)43-20-12-7-8-13-21-44(46-23-15-14-22-45(43)46)37(3)34-50-38(4)55(5,6)53-48(50)30-28-40-29-31-49-47-24-16-17-25-51(47)56-54(49)52(40)53/h7-34H,1-4H2,5-6H3/b8-7?,12-7?,13-8?,20-12?,21-13?,41-33-,43-20?,44-21?,45-43?,46-44?,50-34+. The van der Waals surface area contributed by atoms with Gasteiger partial charge < -0.3 is 0 Å². The fraction of sp³-hybridized carbons (Fsp3) is 0.0545. The van der Waals surface area contributed by atoms with E-state index in [9.17, 15) is 0 Å². The van der Waals surface area contributed by atoms with E-state index in [0.29, 0.717) is 0 Å². The van der Waals surface area contributed by atoms with Crippen LogP contribution in [0.25, 0.3) is 82.2 Å². The molecule has 1 aliphatic carbocycles. The lowest BCUT2D eigenvalue weighted by molar-refractivity contribution is 0.669. The normalized spacial score (nSPS) is 14.4. The van der Waals surface area contributed by atoms with E-state index < -0.39 is 0 Å². The van der Waals surface area contributed by atoms with Crippen LogP contribution in [0.15, 0.2) is 189 Å². The molecule has 1 heteroatoms. The maximum atomic E-state index is 4.76. The molecule has 8 aromatic rings. The van der Waals surface area contributed by atoms with Gasteiger partial charge in [-0.1, -0.05) is 186 Å². The fourth-order valence-electron chi connectivity index (χ4n) is 8.48. The molecule has 1 aliphatic rings. The second-order valence-electron chi connectivity index (χ2n) is 15.2. The van der Waals surface area contributed by atoms with Gasteiger partial charge in [0.2, 0.25) is 0 Å². The first-order valence-electron chi connectivity index (χ1n) is 19.1. The van der Waals surface area contributed by atoms with Crippen LogP contribution in [0.2, 0.25) is 0 Å². The minimum absolute atomic E-state index is 0.269. The largest absolute Gasteiger partial charge is 0.135 e. The second-order valence-corrected chi connectivity index (χ2v) is 16.3. The van der Waals surface area contributed by atoms with Gasteiger partial charge in [0, 0.05) is 31.0 Å². The number of benzene rings is 6. The summed E-state index contributed by atoms with van der Waals surface area (Å²) in [6.45, 7) is 23.2. The fourth-order valence-corrected chi connectivity index (χ4v) is 9.74. The highest BCUT2D eigenvalue weighted by Crippen LogP contribution is 2.54. The molecule has 56 heavy (non-hydrogen) atoms. The first-order valence-corrected chi connectivity index (χ1v) is 19.9. The Bertz CT molecular complexity index is 3170.